The number of nitrogens with zero attached hydrogens (tertiary/aromatic N) is 1. The van der Waals surface area contributed by atoms with Crippen molar-refractivity contribution in [2.24, 2.45) is 0 Å². The Balaban J connectivity index is 1.87. The molecule has 0 unspecified atom stereocenters. The number of thiophene rings is 1. The fourth-order valence-electron chi connectivity index (χ4n) is 1.72. The molecular weight excluding hydrogens is 270 g/mol. The molecule has 0 radical (unpaired) electrons. The van der Waals surface area contributed by atoms with Gasteiger partial charge in [0.1, 0.15) is 12.4 Å². The molecule has 0 saturated heterocycles. The first-order valence-corrected chi connectivity index (χ1v) is 7.46. The highest BCUT2D eigenvalue weighted by Crippen LogP contribution is 2.22. The average Bonchev–Trinajstić information content (AvgIpc) is 2.82. The molecule has 3 N–H and O–H groups in total. The Morgan fingerprint density at radius 1 is 1.30 bits per heavy atom. The predicted octanol–water partition coefficient (Wildman–Crippen LogP) is 2.88. The lowest BCUT2D eigenvalue weighted by Crippen LogP contribution is -2.19. The van der Waals surface area contributed by atoms with Crippen LogP contribution in [0.1, 0.15) is 4.88 Å². The molecule has 1 heterocycles. The van der Waals surface area contributed by atoms with Gasteiger partial charge >= 0.3 is 0 Å². The molecule has 2 rings (SSSR count). The monoisotopic (exact) mass is 291 g/mol. The summed E-state index contributed by atoms with van der Waals surface area (Å²) in [6.45, 7) is 2.34. The highest BCUT2D eigenvalue weighted by molar-refractivity contribution is 7.10. The number of ether oxygens (including phenoxy) is 1. The number of nitrogens with one attached hydrogen (secondary N) is 1. The first kappa shape index (κ1) is 14.7. The van der Waals surface area contributed by atoms with Crippen LogP contribution in [0.5, 0.6) is 5.75 Å². The molecule has 0 fully saturated rings. The van der Waals surface area contributed by atoms with E-state index in [1.165, 1.54) is 0 Å². The van der Waals surface area contributed by atoms with Crippen molar-refractivity contribution in [1.82, 2.24) is 4.90 Å². The zero-order valence-corrected chi connectivity index (χ0v) is 12.7. The van der Waals surface area contributed by atoms with E-state index in [-0.39, 0.29) is 0 Å². The zero-order valence-electron chi connectivity index (χ0n) is 11.9. The molecule has 0 amide bonds. The minimum Gasteiger partial charge on any atom is -0.492 e. The highest BCUT2D eigenvalue weighted by atomic mass is 32.1. The molecule has 108 valence electrons. The second-order valence-electron chi connectivity index (χ2n) is 4.83. The van der Waals surface area contributed by atoms with Gasteiger partial charge in [-0.25, -0.2) is 0 Å². The Morgan fingerprint density at radius 3 is 2.85 bits per heavy atom. The van der Waals surface area contributed by atoms with Crippen molar-refractivity contribution in [1.29, 1.82) is 0 Å². The maximum Gasteiger partial charge on any atom is 0.121 e. The molecule has 0 saturated carbocycles. The van der Waals surface area contributed by atoms with Gasteiger partial charge in [0.2, 0.25) is 0 Å². The smallest absolute Gasteiger partial charge is 0.121 e. The Morgan fingerprint density at radius 2 is 2.15 bits per heavy atom. The van der Waals surface area contributed by atoms with Gasteiger partial charge in [0.15, 0.2) is 0 Å². The molecule has 20 heavy (non-hydrogen) atoms. The Hall–Kier alpha value is -1.72. The van der Waals surface area contributed by atoms with Gasteiger partial charge in [-0.2, -0.15) is 0 Å². The first-order valence-electron chi connectivity index (χ1n) is 6.58. The lowest BCUT2D eigenvalue weighted by molar-refractivity contribution is 0.261. The van der Waals surface area contributed by atoms with Crippen LogP contribution < -0.4 is 15.8 Å². The van der Waals surface area contributed by atoms with E-state index in [1.54, 1.807) is 11.3 Å². The number of hydrogen-bond acceptors (Lipinski definition) is 5. The minimum atomic E-state index is 0.689. The number of rotatable bonds is 7. The molecule has 0 aliphatic rings. The summed E-state index contributed by atoms with van der Waals surface area (Å²) in [6, 6.07) is 9.94. The lowest BCUT2D eigenvalue weighted by Gasteiger charge is -2.12. The van der Waals surface area contributed by atoms with Gasteiger partial charge in [-0.3, -0.25) is 0 Å². The molecule has 0 atom stereocenters. The molecule has 5 heteroatoms. The third-order valence-electron chi connectivity index (χ3n) is 2.87. The molecule has 2 aromatic rings. The van der Waals surface area contributed by atoms with Gasteiger partial charge in [-0.05, 0) is 37.7 Å². The first-order chi connectivity index (χ1) is 9.65. The van der Waals surface area contributed by atoms with Crippen LogP contribution in [0.4, 0.5) is 11.4 Å². The summed E-state index contributed by atoms with van der Waals surface area (Å²) < 4.78 is 5.71. The van der Waals surface area contributed by atoms with Gasteiger partial charge < -0.3 is 20.7 Å². The summed E-state index contributed by atoms with van der Waals surface area (Å²) in [4.78, 5) is 3.26. The number of hydrogen-bond donors (Lipinski definition) is 2. The molecule has 1 aromatic heterocycles. The van der Waals surface area contributed by atoms with Crippen molar-refractivity contribution in [3.8, 4) is 5.75 Å². The van der Waals surface area contributed by atoms with E-state index in [1.807, 2.05) is 49.8 Å². The Kier molecular flexibility index (Phi) is 5.26. The third-order valence-corrected chi connectivity index (χ3v) is 3.81. The van der Waals surface area contributed by atoms with E-state index in [2.05, 4.69) is 10.2 Å². The third kappa shape index (κ3) is 4.43. The van der Waals surface area contributed by atoms with Crippen molar-refractivity contribution < 1.29 is 4.74 Å². The van der Waals surface area contributed by atoms with Crippen LogP contribution in [-0.2, 0) is 6.54 Å². The number of benzene rings is 1. The molecule has 0 bridgehead atoms. The Labute approximate surface area is 124 Å². The summed E-state index contributed by atoms with van der Waals surface area (Å²) >= 11 is 1.67. The summed E-state index contributed by atoms with van der Waals surface area (Å²) in [5.41, 5.74) is 7.76. The van der Waals surface area contributed by atoms with Crippen molar-refractivity contribution in [3.63, 3.8) is 0 Å². The van der Waals surface area contributed by atoms with Gasteiger partial charge in [0.05, 0.1) is 6.54 Å². The van der Waals surface area contributed by atoms with Crippen LogP contribution in [0.15, 0.2) is 35.7 Å². The second-order valence-corrected chi connectivity index (χ2v) is 5.83. The number of likely N-dealkylation sites (N-methyl/N-ethyl adjacent to an activating group) is 1. The normalized spacial score (nSPS) is 10.8. The maximum absolute atomic E-state index is 5.87. The lowest BCUT2D eigenvalue weighted by atomic mass is 10.3. The molecule has 0 spiro atoms. The van der Waals surface area contributed by atoms with Gasteiger partial charge in [-0.1, -0.05) is 6.07 Å². The summed E-state index contributed by atoms with van der Waals surface area (Å²) in [5.74, 6) is 0.885. The molecule has 0 aliphatic heterocycles. The number of nitrogen functional groups attached to an aromatic ring is 1. The fraction of sp³-hybridized carbons (Fsp3) is 0.333. The van der Waals surface area contributed by atoms with Crippen LogP contribution in [0.25, 0.3) is 0 Å². The van der Waals surface area contributed by atoms with E-state index >= 15 is 0 Å². The minimum absolute atomic E-state index is 0.689. The molecule has 1 aromatic carbocycles. The largest absolute Gasteiger partial charge is 0.492 e. The summed E-state index contributed by atoms with van der Waals surface area (Å²) in [6.07, 6.45) is 0. The average molecular weight is 291 g/mol. The van der Waals surface area contributed by atoms with E-state index in [0.29, 0.717) is 6.61 Å². The van der Waals surface area contributed by atoms with E-state index < -0.39 is 0 Å². The number of anilines is 2. The molecular formula is C15H21N3OS. The van der Waals surface area contributed by atoms with E-state index in [0.717, 1.165) is 35.1 Å². The van der Waals surface area contributed by atoms with Crippen LogP contribution in [-0.4, -0.2) is 32.1 Å². The topological polar surface area (TPSA) is 50.5 Å². The predicted molar refractivity (Wildman–Crippen MR) is 86.5 cm³/mol. The molecule has 0 aliphatic carbocycles. The fourth-order valence-corrected chi connectivity index (χ4v) is 2.46. The van der Waals surface area contributed by atoms with Crippen LogP contribution in [0.3, 0.4) is 0 Å². The second kappa shape index (κ2) is 7.17. The van der Waals surface area contributed by atoms with Crippen LogP contribution in [0.2, 0.25) is 0 Å². The molecule has 4 nitrogen and oxygen atoms in total. The van der Waals surface area contributed by atoms with Crippen molar-refractivity contribution in [2.75, 3.05) is 38.3 Å². The van der Waals surface area contributed by atoms with Gasteiger partial charge in [0, 0.05) is 28.9 Å². The maximum atomic E-state index is 5.87. The van der Waals surface area contributed by atoms with Gasteiger partial charge in [-0.15, -0.1) is 11.3 Å². The van der Waals surface area contributed by atoms with Crippen molar-refractivity contribution in [3.05, 3.63) is 40.6 Å². The van der Waals surface area contributed by atoms with E-state index in [9.17, 15) is 0 Å². The van der Waals surface area contributed by atoms with Crippen molar-refractivity contribution in [2.45, 2.75) is 6.54 Å². The van der Waals surface area contributed by atoms with Crippen molar-refractivity contribution >= 4 is 22.7 Å². The zero-order chi connectivity index (χ0) is 14.4. The SMILES string of the molecule is CN(C)CCOc1cccc(NCc2sccc2N)c1. The van der Waals surface area contributed by atoms with Gasteiger partial charge in [0.25, 0.3) is 0 Å². The number of nitrogens with two attached hydrogens (primary N) is 1. The summed E-state index contributed by atoms with van der Waals surface area (Å²) in [7, 11) is 4.07. The van der Waals surface area contributed by atoms with Crippen LogP contribution >= 0.6 is 11.3 Å². The standard InChI is InChI=1S/C15H21N3OS/c1-18(2)7-8-19-13-5-3-4-12(10-13)17-11-15-14(16)6-9-20-15/h3-6,9-10,17H,7-8,11,16H2,1-2H3. The quantitative estimate of drug-likeness (QED) is 0.823. The Bertz CT molecular complexity index is 539. The highest BCUT2D eigenvalue weighted by Gasteiger charge is 2.01. The van der Waals surface area contributed by atoms with Crippen LogP contribution in [0, 0.1) is 0 Å². The van der Waals surface area contributed by atoms with E-state index in [4.69, 9.17) is 10.5 Å². The summed E-state index contributed by atoms with van der Waals surface area (Å²) in [5, 5.41) is 5.37.